The third kappa shape index (κ3) is 5.14. The smallest absolute Gasteiger partial charge is 0.105 e. The lowest BCUT2D eigenvalue weighted by atomic mass is 9.93. The van der Waals surface area contributed by atoms with E-state index < -0.39 is 12.7 Å². The zero-order valence-electron chi connectivity index (χ0n) is 13.5. The minimum Gasteiger partial charge on any atom is -0.384 e. The third-order valence-electron chi connectivity index (χ3n) is 3.82. The average Bonchev–Trinajstić information content (AvgIpc) is 2.95. The van der Waals surface area contributed by atoms with Gasteiger partial charge in [-0.3, -0.25) is 9.71 Å². The minimum absolute atomic E-state index is 0.123. The van der Waals surface area contributed by atoms with E-state index in [2.05, 4.69) is 28.8 Å². The molecule has 0 radical (unpaired) electrons. The maximum atomic E-state index is 12.9. The van der Waals surface area contributed by atoms with Crippen LogP contribution in [0.1, 0.15) is 12.5 Å². The summed E-state index contributed by atoms with van der Waals surface area (Å²) in [4.78, 5) is 4.10. The molecule has 1 aromatic heterocycles. The fourth-order valence-corrected chi connectivity index (χ4v) is 3.40. The topological polar surface area (TPSA) is 60.2 Å². The summed E-state index contributed by atoms with van der Waals surface area (Å²) in [6.45, 7) is 2.71. The Balaban J connectivity index is 1.95. The molecular weight excluding hydrogens is 313 g/mol. The summed E-state index contributed by atoms with van der Waals surface area (Å²) in [6, 6.07) is 3.41. The SMILES string of the molecule is COCC(C1=CC(C)(SNCc2cccnc2)C=C1)C(N)CF. The van der Waals surface area contributed by atoms with Gasteiger partial charge in [0.25, 0.3) is 0 Å². The van der Waals surface area contributed by atoms with E-state index in [1.807, 2.05) is 24.4 Å². The van der Waals surface area contributed by atoms with E-state index >= 15 is 0 Å². The molecule has 2 rings (SSSR count). The number of rotatable bonds is 9. The largest absolute Gasteiger partial charge is 0.384 e. The first-order valence-electron chi connectivity index (χ1n) is 7.60. The highest BCUT2D eigenvalue weighted by atomic mass is 32.2. The van der Waals surface area contributed by atoms with Crippen LogP contribution in [0.4, 0.5) is 4.39 Å². The van der Waals surface area contributed by atoms with Crippen LogP contribution in [0.15, 0.2) is 48.3 Å². The number of halogens is 1. The number of hydrogen-bond donors (Lipinski definition) is 2. The fraction of sp³-hybridized carbons (Fsp3) is 0.471. The molecule has 0 amide bonds. The number of pyridine rings is 1. The van der Waals surface area contributed by atoms with Gasteiger partial charge >= 0.3 is 0 Å². The van der Waals surface area contributed by atoms with Gasteiger partial charge < -0.3 is 10.5 Å². The van der Waals surface area contributed by atoms with E-state index in [1.165, 1.54) is 0 Å². The quantitative estimate of drug-likeness (QED) is 0.679. The molecule has 0 spiro atoms. The average molecular weight is 337 g/mol. The normalized spacial score (nSPS) is 22.9. The van der Waals surface area contributed by atoms with Crippen LogP contribution in [-0.4, -0.2) is 36.2 Å². The molecule has 0 saturated carbocycles. The van der Waals surface area contributed by atoms with Crippen LogP contribution in [0, 0.1) is 5.92 Å². The van der Waals surface area contributed by atoms with Crippen molar-refractivity contribution in [1.29, 1.82) is 0 Å². The molecule has 1 aromatic rings. The number of nitrogens with one attached hydrogen (secondary N) is 1. The molecule has 3 N–H and O–H groups in total. The van der Waals surface area contributed by atoms with Gasteiger partial charge in [0.05, 0.1) is 11.4 Å². The Morgan fingerprint density at radius 1 is 1.52 bits per heavy atom. The van der Waals surface area contributed by atoms with Crippen molar-refractivity contribution in [1.82, 2.24) is 9.71 Å². The summed E-state index contributed by atoms with van der Waals surface area (Å²) < 4.78 is 21.3. The molecule has 1 aliphatic rings. The number of hydrogen-bond acceptors (Lipinski definition) is 5. The Morgan fingerprint density at radius 2 is 2.35 bits per heavy atom. The fourth-order valence-electron chi connectivity index (χ4n) is 2.51. The molecule has 3 unspecified atom stereocenters. The van der Waals surface area contributed by atoms with E-state index in [1.54, 1.807) is 25.3 Å². The third-order valence-corrected chi connectivity index (χ3v) is 4.80. The number of methoxy groups -OCH3 is 1. The minimum atomic E-state index is -0.553. The van der Waals surface area contributed by atoms with E-state index in [0.717, 1.165) is 17.7 Å². The zero-order valence-corrected chi connectivity index (χ0v) is 14.4. The second-order valence-corrected chi connectivity index (χ2v) is 7.20. The summed E-state index contributed by atoms with van der Waals surface area (Å²) in [5.74, 6) is -0.123. The number of nitrogens with zero attached hydrogens (tertiary/aromatic N) is 1. The molecule has 0 saturated heterocycles. The van der Waals surface area contributed by atoms with Crippen LogP contribution < -0.4 is 10.5 Å². The van der Waals surface area contributed by atoms with Gasteiger partial charge in [0.2, 0.25) is 0 Å². The Hall–Kier alpha value is -1.21. The van der Waals surface area contributed by atoms with Crippen molar-refractivity contribution < 1.29 is 9.13 Å². The van der Waals surface area contributed by atoms with Crippen LogP contribution in [-0.2, 0) is 11.3 Å². The second-order valence-electron chi connectivity index (χ2n) is 5.83. The van der Waals surface area contributed by atoms with Crippen molar-refractivity contribution in [3.8, 4) is 0 Å². The van der Waals surface area contributed by atoms with Crippen molar-refractivity contribution in [3.05, 3.63) is 53.9 Å². The number of nitrogens with two attached hydrogens (primary N) is 1. The number of alkyl halides is 1. The van der Waals surface area contributed by atoms with E-state index in [0.29, 0.717) is 6.61 Å². The van der Waals surface area contributed by atoms with Crippen molar-refractivity contribution in [2.24, 2.45) is 11.7 Å². The molecule has 0 fully saturated rings. The van der Waals surface area contributed by atoms with E-state index in [4.69, 9.17) is 10.5 Å². The summed E-state index contributed by atoms with van der Waals surface area (Å²) in [5.41, 5.74) is 8.06. The van der Waals surface area contributed by atoms with Gasteiger partial charge in [-0.15, -0.1) is 0 Å². The van der Waals surface area contributed by atoms with Crippen LogP contribution in [0.5, 0.6) is 0 Å². The summed E-state index contributed by atoms with van der Waals surface area (Å²) in [5, 5.41) is 0. The highest BCUT2D eigenvalue weighted by Gasteiger charge is 2.29. The lowest BCUT2D eigenvalue weighted by Crippen LogP contribution is -2.35. The predicted octanol–water partition coefficient (Wildman–Crippen LogP) is 2.63. The van der Waals surface area contributed by atoms with Gasteiger partial charge in [0.1, 0.15) is 6.67 Å². The van der Waals surface area contributed by atoms with Crippen LogP contribution in [0.25, 0.3) is 0 Å². The van der Waals surface area contributed by atoms with Crippen LogP contribution in [0.2, 0.25) is 0 Å². The number of ether oxygens (including phenoxy) is 1. The molecule has 4 nitrogen and oxygen atoms in total. The van der Waals surface area contributed by atoms with Gasteiger partial charge in [0.15, 0.2) is 0 Å². The van der Waals surface area contributed by atoms with Crippen molar-refractivity contribution >= 4 is 11.9 Å². The Morgan fingerprint density at radius 3 is 3.00 bits per heavy atom. The van der Waals surface area contributed by atoms with Crippen molar-refractivity contribution in [3.63, 3.8) is 0 Å². The van der Waals surface area contributed by atoms with Gasteiger partial charge in [-0.2, -0.15) is 0 Å². The van der Waals surface area contributed by atoms with E-state index in [-0.39, 0.29) is 10.7 Å². The lowest BCUT2D eigenvalue weighted by molar-refractivity contribution is 0.149. The molecule has 126 valence electrons. The molecule has 0 aliphatic heterocycles. The van der Waals surface area contributed by atoms with Gasteiger partial charge in [-0.05, 0) is 24.1 Å². The number of aromatic nitrogens is 1. The first-order valence-corrected chi connectivity index (χ1v) is 8.42. The van der Waals surface area contributed by atoms with E-state index in [9.17, 15) is 4.39 Å². The van der Waals surface area contributed by atoms with Gasteiger partial charge in [0, 0.05) is 38.0 Å². The van der Waals surface area contributed by atoms with Crippen molar-refractivity contribution in [2.75, 3.05) is 20.4 Å². The lowest BCUT2D eigenvalue weighted by Gasteiger charge is -2.23. The molecule has 6 heteroatoms. The first kappa shape index (κ1) is 18.1. The standard InChI is InChI=1S/C17H24FN3OS/c1-17(23-21-11-13-4-3-7-20-10-13)6-5-14(8-17)15(12-22-2)16(19)9-18/h3-8,10,15-16,21H,9,11-12,19H2,1-2H3. The van der Waals surface area contributed by atoms with Crippen molar-refractivity contribution in [2.45, 2.75) is 24.3 Å². The summed E-state index contributed by atoms with van der Waals surface area (Å²) in [6.07, 6.45) is 9.87. The highest BCUT2D eigenvalue weighted by molar-refractivity contribution is 7.99. The highest BCUT2D eigenvalue weighted by Crippen LogP contribution is 2.35. The molecule has 0 bridgehead atoms. The van der Waals surface area contributed by atoms with Crippen LogP contribution >= 0.6 is 11.9 Å². The molecular formula is C17H24FN3OS. The first-order chi connectivity index (χ1) is 11.1. The predicted molar refractivity (Wildman–Crippen MR) is 93.6 cm³/mol. The Bertz CT molecular complexity index is 552. The molecule has 23 heavy (non-hydrogen) atoms. The van der Waals surface area contributed by atoms with Gasteiger partial charge in [-0.25, -0.2) is 4.39 Å². The molecule has 1 heterocycles. The van der Waals surface area contributed by atoms with Gasteiger partial charge in [-0.1, -0.05) is 36.2 Å². The summed E-state index contributed by atoms with van der Waals surface area (Å²) in [7, 11) is 1.61. The molecule has 3 atom stereocenters. The molecule has 0 aromatic carbocycles. The van der Waals surface area contributed by atoms with Crippen LogP contribution in [0.3, 0.4) is 0 Å². The summed E-state index contributed by atoms with van der Waals surface area (Å²) >= 11 is 1.62. The maximum Gasteiger partial charge on any atom is 0.105 e. The zero-order chi connectivity index (χ0) is 16.7. The maximum absolute atomic E-state index is 12.9. The number of allylic oxidation sites excluding steroid dienone is 1. The Kier molecular flexibility index (Phi) is 6.77. The monoisotopic (exact) mass is 337 g/mol. The Labute approximate surface area is 141 Å². The molecule has 1 aliphatic carbocycles. The second kappa shape index (κ2) is 8.59.